The Morgan fingerprint density at radius 3 is 2.46 bits per heavy atom. The van der Waals surface area contributed by atoms with Crippen LogP contribution in [0.15, 0.2) is 24.3 Å². The molecule has 7 nitrogen and oxygen atoms in total. The molecule has 0 bridgehead atoms. The van der Waals surface area contributed by atoms with Crippen LogP contribution in [0.4, 0.5) is 5.69 Å². The Kier molecular flexibility index (Phi) is 6.98. The number of ether oxygens (including phenoxy) is 1. The smallest absolute Gasteiger partial charge is 0.340 e. The van der Waals surface area contributed by atoms with E-state index in [-0.39, 0.29) is 24.2 Å². The van der Waals surface area contributed by atoms with Gasteiger partial charge in [0.1, 0.15) is 5.69 Å². The molecule has 2 amide bonds. The highest BCUT2D eigenvalue weighted by atomic mass is 16.5. The first-order valence-corrected chi connectivity index (χ1v) is 9.30. The second-order valence-electron chi connectivity index (χ2n) is 6.82. The summed E-state index contributed by atoms with van der Waals surface area (Å²) in [6.45, 7) is 8.73. The maximum absolute atomic E-state index is 12.5. The number of aromatic amines is 1. The Labute approximate surface area is 164 Å². The van der Waals surface area contributed by atoms with Crippen molar-refractivity contribution in [1.82, 2.24) is 10.3 Å². The van der Waals surface area contributed by atoms with Crippen molar-refractivity contribution in [1.29, 1.82) is 0 Å². The minimum Gasteiger partial charge on any atom is -0.459 e. The van der Waals surface area contributed by atoms with Gasteiger partial charge in [-0.05, 0) is 51.3 Å². The van der Waals surface area contributed by atoms with E-state index in [9.17, 15) is 14.4 Å². The molecule has 0 saturated heterocycles. The SMILES string of the molecule is CCc1ccccc1NC(=O)CNC(=O)c1[nH]c(C)c(C(=O)OC(C)C)c1C. The molecule has 0 saturated carbocycles. The van der Waals surface area contributed by atoms with Crippen LogP contribution in [-0.4, -0.2) is 35.4 Å². The fourth-order valence-corrected chi connectivity index (χ4v) is 2.95. The maximum Gasteiger partial charge on any atom is 0.340 e. The van der Waals surface area contributed by atoms with Crippen LogP contribution in [0.2, 0.25) is 0 Å². The number of aryl methyl sites for hydroxylation is 2. The number of benzene rings is 1. The van der Waals surface area contributed by atoms with E-state index in [0.717, 1.165) is 17.7 Å². The Hall–Kier alpha value is -3.09. The molecule has 2 rings (SSSR count). The number of anilines is 1. The molecule has 0 atom stereocenters. The average molecular weight is 385 g/mol. The zero-order valence-electron chi connectivity index (χ0n) is 16.9. The molecule has 2 aromatic rings. The summed E-state index contributed by atoms with van der Waals surface area (Å²) in [5, 5.41) is 5.38. The van der Waals surface area contributed by atoms with Gasteiger partial charge in [0.25, 0.3) is 5.91 Å². The van der Waals surface area contributed by atoms with Gasteiger partial charge in [-0.15, -0.1) is 0 Å². The summed E-state index contributed by atoms with van der Waals surface area (Å²) >= 11 is 0. The minimum absolute atomic E-state index is 0.180. The van der Waals surface area contributed by atoms with Gasteiger partial charge in [0.15, 0.2) is 0 Å². The second-order valence-corrected chi connectivity index (χ2v) is 6.82. The van der Waals surface area contributed by atoms with Crippen LogP contribution in [0.25, 0.3) is 0 Å². The molecule has 0 spiro atoms. The van der Waals surface area contributed by atoms with Crippen molar-refractivity contribution in [2.24, 2.45) is 0 Å². The topological polar surface area (TPSA) is 100 Å². The van der Waals surface area contributed by atoms with Gasteiger partial charge < -0.3 is 20.4 Å². The number of aromatic nitrogens is 1. The number of rotatable bonds is 7. The molecule has 1 aromatic heterocycles. The lowest BCUT2D eigenvalue weighted by molar-refractivity contribution is -0.115. The van der Waals surface area contributed by atoms with E-state index in [0.29, 0.717) is 16.8 Å². The third kappa shape index (κ3) is 5.00. The number of esters is 1. The molecular weight excluding hydrogens is 358 g/mol. The van der Waals surface area contributed by atoms with Crippen molar-refractivity contribution in [2.45, 2.75) is 47.1 Å². The molecule has 0 fully saturated rings. The lowest BCUT2D eigenvalue weighted by Gasteiger charge is -2.10. The standard InChI is InChI=1S/C21H27N3O4/c1-6-15-9-7-8-10-16(15)24-17(25)11-22-20(26)19-13(4)18(14(5)23-19)21(27)28-12(2)3/h7-10,12,23H,6,11H2,1-5H3,(H,22,26)(H,24,25). The molecule has 0 aliphatic rings. The number of hydrogen-bond donors (Lipinski definition) is 3. The Morgan fingerprint density at radius 2 is 1.82 bits per heavy atom. The lowest BCUT2D eigenvalue weighted by atomic mass is 10.1. The number of amides is 2. The van der Waals surface area contributed by atoms with Crippen LogP contribution in [0.3, 0.4) is 0 Å². The van der Waals surface area contributed by atoms with Crippen LogP contribution in [-0.2, 0) is 16.0 Å². The highest BCUT2D eigenvalue weighted by Crippen LogP contribution is 2.20. The fraction of sp³-hybridized carbons (Fsp3) is 0.381. The van der Waals surface area contributed by atoms with E-state index in [1.165, 1.54) is 0 Å². The van der Waals surface area contributed by atoms with Gasteiger partial charge in [0.2, 0.25) is 5.91 Å². The van der Waals surface area contributed by atoms with Crippen molar-refractivity contribution in [3.8, 4) is 0 Å². The van der Waals surface area contributed by atoms with Crippen molar-refractivity contribution < 1.29 is 19.1 Å². The van der Waals surface area contributed by atoms with Crippen LogP contribution >= 0.6 is 0 Å². The molecule has 3 N–H and O–H groups in total. The summed E-state index contributed by atoms with van der Waals surface area (Å²) in [6, 6.07) is 7.52. The first-order valence-electron chi connectivity index (χ1n) is 9.30. The number of hydrogen-bond acceptors (Lipinski definition) is 4. The summed E-state index contributed by atoms with van der Waals surface area (Å²) in [5.41, 5.74) is 3.39. The van der Waals surface area contributed by atoms with E-state index in [1.807, 2.05) is 31.2 Å². The van der Waals surface area contributed by atoms with Crippen LogP contribution in [0.5, 0.6) is 0 Å². The number of para-hydroxylation sites is 1. The van der Waals surface area contributed by atoms with E-state index >= 15 is 0 Å². The molecule has 0 radical (unpaired) electrons. The normalized spacial score (nSPS) is 10.6. The van der Waals surface area contributed by atoms with Crippen LogP contribution in [0.1, 0.15) is 58.4 Å². The third-order valence-corrected chi connectivity index (χ3v) is 4.29. The maximum atomic E-state index is 12.5. The molecule has 28 heavy (non-hydrogen) atoms. The van der Waals surface area contributed by atoms with E-state index in [1.54, 1.807) is 27.7 Å². The Bertz CT molecular complexity index is 884. The molecule has 7 heteroatoms. The van der Waals surface area contributed by atoms with Crippen molar-refractivity contribution in [3.05, 3.63) is 52.3 Å². The molecule has 0 unspecified atom stereocenters. The molecule has 0 aliphatic heterocycles. The zero-order chi connectivity index (χ0) is 20.8. The summed E-state index contributed by atoms with van der Waals surface area (Å²) in [6.07, 6.45) is 0.534. The first-order chi connectivity index (χ1) is 13.2. The van der Waals surface area contributed by atoms with Gasteiger partial charge in [-0.3, -0.25) is 9.59 Å². The molecule has 1 heterocycles. The van der Waals surface area contributed by atoms with E-state index in [2.05, 4.69) is 15.6 Å². The number of carbonyl (C=O) groups is 3. The zero-order valence-corrected chi connectivity index (χ0v) is 16.9. The van der Waals surface area contributed by atoms with Gasteiger partial charge in [-0.1, -0.05) is 25.1 Å². The molecule has 1 aromatic carbocycles. The van der Waals surface area contributed by atoms with Gasteiger partial charge >= 0.3 is 5.97 Å². The van der Waals surface area contributed by atoms with Gasteiger partial charge in [0.05, 0.1) is 18.2 Å². The summed E-state index contributed by atoms with van der Waals surface area (Å²) in [5.74, 6) is -1.26. The molecular formula is C21H27N3O4. The highest BCUT2D eigenvalue weighted by molar-refractivity contribution is 6.02. The number of H-pyrrole nitrogens is 1. The first kappa shape index (κ1) is 21.2. The van der Waals surface area contributed by atoms with Gasteiger partial charge in [-0.25, -0.2) is 4.79 Å². The molecule has 0 aliphatic carbocycles. The predicted molar refractivity (Wildman–Crippen MR) is 108 cm³/mol. The predicted octanol–water partition coefficient (Wildman–Crippen LogP) is 3.13. The molecule has 150 valence electrons. The monoisotopic (exact) mass is 385 g/mol. The number of nitrogens with one attached hydrogen (secondary N) is 3. The Balaban J connectivity index is 2.03. The van der Waals surface area contributed by atoms with Crippen LogP contribution < -0.4 is 10.6 Å². The van der Waals surface area contributed by atoms with Crippen LogP contribution in [0, 0.1) is 13.8 Å². The van der Waals surface area contributed by atoms with E-state index in [4.69, 9.17) is 4.74 Å². The Morgan fingerprint density at radius 1 is 1.14 bits per heavy atom. The average Bonchev–Trinajstić information content (AvgIpc) is 2.94. The lowest BCUT2D eigenvalue weighted by Crippen LogP contribution is -2.33. The van der Waals surface area contributed by atoms with E-state index < -0.39 is 11.9 Å². The third-order valence-electron chi connectivity index (χ3n) is 4.29. The van der Waals surface area contributed by atoms with Crippen molar-refractivity contribution in [2.75, 3.05) is 11.9 Å². The minimum atomic E-state index is -0.478. The van der Waals surface area contributed by atoms with Gasteiger partial charge in [0, 0.05) is 11.4 Å². The number of carbonyl (C=O) groups excluding carboxylic acids is 3. The highest BCUT2D eigenvalue weighted by Gasteiger charge is 2.23. The van der Waals surface area contributed by atoms with Gasteiger partial charge in [-0.2, -0.15) is 0 Å². The fourth-order valence-electron chi connectivity index (χ4n) is 2.95. The quantitative estimate of drug-likeness (QED) is 0.638. The summed E-state index contributed by atoms with van der Waals surface area (Å²) < 4.78 is 5.22. The van der Waals surface area contributed by atoms with Crippen molar-refractivity contribution in [3.63, 3.8) is 0 Å². The largest absolute Gasteiger partial charge is 0.459 e. The summed E-state index contributed by atoms with van der Waals surface area (Å²) in [7, 11) is 0. The van der Waals surface area contributed by atoms with Crippen molar-refractivity contribution >= 4 is 23.5 Å². The second kappa shape index (κ2) is 9.21. The summed E-state index contributed by atoms with van der Waals surface area (Å²) in [4.78, 5) is 39.8.